The third-order valence-electron chi connectivity index (χ3n) is 13.1. The van der Waals surface area contributed by atoms with Gasteiger partial charge in [-0.1, -0.05) is 39.8 Å². The molecule has 4 N–H and O–H groups in total. The molecule has 14 atom stereocenters. The number of aliphatic hydroxyl groups excluding tert-OH is 1. The van der Waals surface area contributed by atoms with E-state index in [2.05, 4.69) is 4.98 Å². The molecule has 4 heterocycles. The maximum atomic E-state index is 17.0. The standard InChI is InChI=1S/C42H67FN6O9/c1-13-48(12)49-34-25(4)32(44)23(2)22-40(7,54-20-16-19-31-45-28-17-14-15-18-29(28)46-31)36(57-37-33(50)30(47(10)11)21-24(3)55-37)26(5)35(51)41(8,43)38(52)56-27(6)42(34,9)58-39(49)53/h14-15,17-18,23-27,30,32-34,36-37,50H,13,16,19-22,44H2,1-12H3,(H,45,46)/t23-,24-,25+,26+,27-,30+,32?,33-,34-,36-,37+,40+,41?,42-/m1/s1. The molecule has 3 aliphatic heterocycles. The number of nitrogens with two attached hydrogens (primary N) is 1. The molecule has 2 aromatic rings. The van der Waals surface area contributed by atoms with Gasteiger partial charge in [-0.3, -0.25) is 4.79 Å². The van der Waals surface area contributed by atoms with Crippen LogP contribution in [0.3, 0.4) is 0 Å². The van der Waals surface area contributed by atoms with Crippen molar-refractivity contribution in [3.05, 3.63) is 30.1 Å². The van der Waals surface area contributed by atoms with Gasteiger partial charge in [-0.25, -0.2) is 29.0 Å². The number of hydrogen-bond acceptors (Lipinski definition) is 13. The molecule has 0 aliphatic carbocycles. The minimum Gasteiger partial charge on any atom is -0.456 e. The molecular formula is C42H67FN6O9. The predicted molar refractivity (Wildman–Crippen MR) is 215 cm³/mol. The molecule has 1 amide bonds. The molecule has 0 radical (unpaired) electrons. The predicted octanol–water partition coefficient (Wildman–Crippen LogP) is 4.40. The van der Waals surface area contributed by atoms with Gasteiger partial charge in [-0.15, -0.1) is 0 Å². The van der Waals surface area contributed by atoms with E-state index in [1.54, 1.807) is 25.9 Å². The van der Waals surface area contributed by atoms with Crippen LogP contribution in [0.25, 0.3) is 11.0 Å². The molecule has 1 aromatic heterocycles. The number of amides is 1. The minimum atomic E-state index is -3.16. The van der Waals surface area contributed by atoms with Gasteiger partial charge in [-0.2, -0.15) is 0 Å². The smallest absolute Gasteiger partial charge is 0.425 e. The van der Waals surface area contributed by atoms with Gasteiger partial charge in [0.05, 0.1) is 34.9 Å². The van der Waals surface area contributed by atoms with Gasteiger partial charge in [0.1, 0.15) is 18.0 Å². The number of nitrogens with zero attached hydrogens (tertiary/aromatic N) is 4. The number of imidazole rings is 1. The van der Waals surface area contributed by atoms with E-state index >= 15 is 4.39 Å². The van der Waals surface area contributed by atoms with Crippen LogP contribution < -0.4 is 5.73 Å². The average molecular weight is 819 g/mol. The number of likely N-dealkylation sites (N-methyl/N-ethyl adjacent to an activating group) is 1. The van der Waals surface area contributed by atoms with E-state index in [0.717, 1.165) is 23.8 Å². The third-order valence-corrected chi connectivity index (χ3v) is 13.1. The number of carbonyl (C=O) groups is 3. The molecule has 326 valence electrons. The fourth-order valence-electron chi connectivity index (χ4n) is 9.30. The van der Waals surface area contributed by atoms with Crippen molar-refractivity contribution in [3.63, 3.8) is 0 Å². The summed E-state index contributed by atoms with van der Waals surface area (Å²) in [7, 11) is 5.45. The zero-order valence-electron chi connectivity index (χ0n) is 36.4. The van der Waals surface area contributed by atoms with Gasteiger partial charge in [0, 0.05) is 44.6 Å². The Balaban J connectivity index is 1.58. The van der Waals surface area contributed by atoms with Gasteiger partial charge in [-0.05, 0) is 91.9 Å². The molecule has 16 heteroatoms. The van der Waals surface area contributed by atoms with Crippen LogP contribution in [0.2, 0.25) is 0 Å². The molecule has 3 aliphatic rings. The van der Waals surface area contributed by atoms with Gasteiger partial charge >= 0.3 is 12.1 Å². The topological polar surface area (TPSA) is 182 Å². The van der Waals surface area contributed by atoms with Crippen LogP contribution >= 0.6 is 0 Å². The Morgan fingerprint density at radius 2 is 1.76 bits per heavy atom. The van der Waals surface area contributed by atoms with Gasteiger partial charge in [0.2, 0.25) is 0 Å². The van der Waals surface area contributed by atoms with Crippen molar-refractivity contribution in [1.82, 2.24) is 24.9 Å². The SMILES string of the molecule is CCN(C)N1C(=O)O[C@]2(C)[C@@H](C)OC(=O)C(C)(F)C(=O)[C@H](C)[C@@H](O[C@@H]3O[C@H](C)C[C@H](N(C)C)[C@H]3O)[C@@](C)(OCCCc3nc4ccccc4[nH]3)C[C@@H](C)C(N)[C@H](C)[C@@H]12. The largest absolute Gasteiger partial charge is 0.456 e. The number of benzene rings is 1. The van der Waals surface area contributed by atoms with E-state index < -0.39 is 83.2 Å². The Morgan fingerprint density at radius 3 is 2.40 bits per heavy atom. The molecule has 5 rings (SSSR count). The molecule has 3 fully saturated rings. The number of fused-ring (bicyclic) bond motifs is 2. The van der Waals surface area contributed by atoms with Crippen LogP contribution in [0.1, 0.15) is 87.4 Å². The second-order valence-corrected chi connectivity index (χ2v) is 17.7. The highest BCUT2D eigenvalue weighted by molar-refractivity contribution is 6.07. The Bertz CT molecular complexity index is 1730. The van der Waals surface area contributed by atoms with Crippen molar-refractivity contribution >= 4 is 28.9 Å². The summed E-state index contributed by atoms with van der Waals surface area (Å²) in [6, 6.07) is 6.04. The summed E-state index contributed by atoms with van der Waals surface area (Å²) in [4.78, 5) is 51.9. The highest BCUT2D eigenvalue weighted by Crippen LogP contribution is 2.44. The molecule has 0 bridgehead atoms. The molecule has 0 spiro atoms. The number of nitrogens with one attached hydrogen (secondary N) is 1. The number of aryl methyl sites for hydroxylation is 1. The van der Waals surface area contributed by atoms with Gasteiger partial charge in [0.15, 0.2) is 17.7 Å². The zero-order valence-corrected chi connectivity index (χ0v) is 36.4. The monoisotopic (exact) mass is 818 g/mol. The average Bonchev–Trinajstić information content (AvgIpc) is 3.71. The lowest BCUT2D eigenvalue weighted by atomic mass is 9.72. The number of aromatic amines is 1. The van der Waals surface area contributed by atoms with E-state index in [1.807, 2.05) is 71.0 Å². The number of cyclic esters (lactones) is 1. The number of hydrazine groups is 1. The number of halogens is 1. The number of rotatable bonds is 10. The lowest BCUT2D eigenvalue weighted by molar-refractivity contribution is -0.298. The maximum Gasteiger partial charge on any atom is 0.425 e. The summed E-state index contributed by atoms with van der Waals surface area (Å²) < 4.78 is 48.5. The summed E-state index contributed by atoms with van der Waals surface area (Å²) in [5, 5.41) is 14.8. The Morgan fingerprint density at radius 1 is 1.09 bits per heavy atom. The van der Waals surface area contributed by atoms with Crippen molar-refractivity contribution in [3.8, 4) is 0 Å². The Hall–Kier alpha value is -3.25. The lowest BCUT2D eigenvalue weighted by Gasteiger charge is -2.48. The van der Waals surface area contributed by atoms with Crippen LogP contribution in [-0.4, -0.2) is 148 Å². The minimum absolute atomic E-state index is 0.182. The first kappa shape index (κ1) is 45.8. The zero-order chi connectivity index (χ0) is 43.1. The van der Waals surface area contributed by atoms with Crippen molar-refractivity contribution in [2.45, 2.75) is 154 Å². The molecule has 2 unspecified atom stereocenters. The first-order valence-corrected chi connectivity index (χ1v) is 20.7. The van der Waals surface area contributed by atoms with E-state index in [4.69, 9.17) is 34.4 Å². The number of aliphatic hydroxyl groups is 1. The van der Waals surface area contributed by atoms with Crippen LogP contribution in [0, 0.1) is 17.8 Å². The molecular weight excluding hydrogens is 751 g/mol. The fourth-order valence-corrected chi connectivity index (χ4v) is 9.30. The number of Topliss-reactive ketones (excluding diaryl/α,β-unsaturated/α-hetero) is 1. The van der Waals surface area contributed by atoms with Crippen molar-refractivity contribution in [1.29, 1.82) is 0 Å². The molecule has 15 nitrogen and oxygen atoms in total. The van der Waals surface area contributed by atoms with E-state index in [0.29, 0.717) is 25.8 Å². The number of para-hydroxylation sites is 2. The van der Waals surface area contributed by atoms with E-state index in [1.165, 1.54) is 18.9 Å². The summed E-state index contributed by atoms with van der Waals surface area (Å²) in [5.74, 6) is -3.91. The first-order valence-electron chi connectivity index (χ1n) is 20.7. The number of carbonyl (C=O) groups excluding carboxylic acids is 3. The molecule has 58 heavy (non-hydrogen) atoms. The summed E-state index contributed by atoms with van der Waals surface area (Å²) in [6.07, 6.45) is -4.00. The number of aromatic nitrogens is 2. The normalized spacial score (nSPS) is 39.5. The number of ether oxygens (including phenoxy) is 5. The lowest BCUT2D eigenvalue weighted by Crippen LogP contribution is -2.63. The number of H-pyrrole nitrogens is 1. The van der Waals surface area contributed by atoms with Gasteiger partial charge < -0.3 is 44.4 Å². The fraction of sp³-hybridized carbons (Fsp3) is 0.762. The van der Waals surface area contributed by atoms with Crippen LogP contribution in [0.4, 0.5) is 9.18 Å². The van der Waals surface area contributed by atoms with Crippen LogP contribution in [0.15, 0.2) is 24.3 Å². The Labute approximate surface area is 342 Å². The second kappa shape index (κ2) is 17.8. The summed E-state index contributed by atoms with van der Waals surface area (Å²) in [6.45, 7) is 15.6. The molecule has 1 aromatic carbocycles. The van der Waals surface area contributed by atoms with Crippen LogP contribution in [-0.2, 0) is 39.7 Å². The maximum absolute atomic E-state index is 17.0. The highest BCUT2D eigenvalue weighted by atomic mass is 19.1. The number of esters is 1. The molecule has 3 saturated heterocycles. The van der Waals surface area contributed by atoms with Crippen LogP contribution in [0.5, 0.6) is 0 Å². The number of hydrogen-bond donors (Lipinski definition) is 3. The van der Waals surface area contributed by atoms with E-state index in [9.17, 15) is 19.5 Å². The summed E-state index contributed by atoms with van der Waals surface area (Å²) in [5.41, 5.74) is 2.96. The van der Waals surface area contributed by atoms with E-state index in [-0.39, 0.29) is 31.1 Å². The quantitative estimate of drug-likeness (QED) is 0.175. The highest BCUT2D eigenvalue weighted by Gasteiger charge is 2.62. The molecule has 0 saturated carbocycles. The second-order valence-electron chi connectivity index (χ2n) is 17.7. The van der Waals surface area contributed by atoms with Crippen molar-refractivity contribution in [2.24, 2.45) is 23.5 Å². The summed E-state index contributed by atoms with van der Waals surface area (Å²) >= 11 is 0. The number of ketones is 1. The van der Waals surface area contributed by atoms with Crippen molar-refractivity contribution in [2.75, 3.05) is 34.3 Å². The van der Waals surface area contributed by atoms with Crippen molar-refractivity contribution < 1.29 is 47.6 Å². The Kier molecular flexibility index (Phi) is 14.0. The first-order chi connectivity index (χ1) is 27.1. The third kappa shape index (κ3) is 8.93. The van der Waals surface area contributed by atoms with Gasteiger partial charge in [0.25, 0.3) is 5.67 Å². The number of alkyl halides is 1.